The molecule has 0 aliphatic heterocycles. The number of furan rings is 1. The van der Waals surface area contributed by atoms with E-state index >= 15 is 0 Å². The van der Waals surface area contributed by atoms with Crippen molar-refractivity contribution in [1.82, 2.24) is 9.97 Å². The first-order valence-electron chi connectivity index (χ1n) is 21.7. The van der Waals surface area contributed by atoms with Crippen LogP contribution >= 0.6 is 0 Å². The van der Waals surface area contributed by atoms with Crippen LogP contribution in [0.2, 0.25) is 0 Å². The van der Waals surface area contributed by atoms with Crippen LogP contribution in [0.5, 0.6) is 11.5 Å². The van der Waals surface area contributed by atoms with Gasteiger partial charge in [-0.3, -0.25) is 0 Å². The summed E-state index contributed by atoms with van der Waals surface area (Å²) in [5.74, 6) is 0.269. The maximum absolute atomic E-state index is 11.8. The molecule has 3 heterocycles. The average Bonchev–Trinajstić information content (AvgIpc) is 3.56. The minimum absolute atomic E-state index is 0.0333. The van der Waals surface area contributed by atoms with Crippen molar-refractivity contribution < 1.29 is 14.6 Å². The van der Waals surface area contributed by atoms with Crippen molar-refractivity contribution in [3.63, 3.8) is 0 Å². The van der Waals surface area contributed by atoms with Gasteiger partial charge in [0.2, 0.25) is 0 Å². The lowest BCUT2D eigenvalue weighted by molar-refractivity contribution is 0.477. The van der Waals surface area contributed by atoms with Gasteiger partial charge in [-0.25, -0.2) is 9.97 Å². The summed E-state index contributed by atoms with van der Waals surface area (Å²) in [5, 5.41) is 25.2. The lowest BCUT2D eigenvalue weighted by Gasteiger charge is -2.26. The highest BCUT2D eigenvalue weighted by atomic mass is 16.3. The van der Waals surface area contributed by atoms with E-state index in [0.717, 1.165) is 44.2 Å². The Morgan fingerprint density at radius 3 is 1.55 bits per heavy atom. The molecule has 0 spiro atoms. The SMILES string of the molecule is Cc1cc(C(C)(C)C)ccc1-c1ccc(O)c(-c2cc(C(C)(C)C)cc(-c3cc(-c4cc(C(C)(C)C)cc(C(C)(C)C)c4)cc(-c4cc5oc6ccccc6c5cc4O)n3)n2)c1. The minimum atomic E-state index is -0.257. The van der Waals surface area contributed by atoms with Crippen molar-refractivity contribution in [2.24, 2.45) is 0 Å². The molecule has 62 heavy (non-hydrogen) atoms. The van der Waals surface area contributed by atoms with E-state index in [1.807, 2.05) is 36.4 Å². The van der Waals surface area contributed by atoms with E-state index in [9.17, 15) is 10.2 Å². The van der Waals surface area contributed by atoms with Crippen LogP contribution in [-0.4, -0.2) is 20.2 Å². The molecule has 8 rings (SSSR count). The van der Waals surface area contributed by atoms with Gasteiger partial charge in [-0.2, -0.15) is 0 Å². The standard InChI is InChI=1S/C57H60N2O3/c1-33-22-37(54(2,3)4)19-20-41(33)34-18-21-50(60)44(25-34)47-29-40(57(11,12)13)30-49(59-47)48-27-36(35-23-38(55(5,6)7)28-39(24-35)56(8,9)10)26-46(58-48)45-32-53-43(31-51(45)61)42-16-14-15-17-52(42)62-53/h14-32,60-61H,1-13H3. The van der Waals surface area contributed by atoms with Gasteiger partial charge in [0.05, 0.1) is 22.8 Å². The quantitative estimate of drug-likeness (QED) is 0.181. The molecule has 3 aromatic heterocycles. The number of nitrogens with zero attached hydrogens (tertiary/aromatic N) is 2. The largest absolute Gasteiger partial charge is 0.507 e. The third kappa shape index (κ3) is 8.25. The van der Waals surface area contributed by atoms with Crippen molar-refractivity contribution in [3.8, 4) is 67.7 Å². The van der Waals surface area contributed by atoms with E-state index in [1.54, 1.807) is 12.1 Å². The molecule has 2 N–H and O–H groups in total. The van der Waals surface area contributed by atoms with Crippen LogP contribution in [0.25, 0.3) is 78.1 Å². The monoisotopic (exact) mass is 820 g/mol. The van der Waals surface area contributed by atoms with Gasteiger partial charge < -0.3 is 14.6 Å². The van der Waals surface area contributed by atoms with E-state index in [0.29, 0.717) is 39.5 Å². The normalized spacial score (nSPS) is 12.7. The fourth-order valence-corrected chi connectivity index (χ4v) is 8.19. The smallest absolute Gasteiger partial charge is 0.136 e. The predicted octanol–water partition coefficient (Wildman–Crippen LogP) is 15.6. The summed E-state index contributed by atoms with van der Waals surface area (Å²) in [6.45, 7) is 28.9. The summed E-state index contributed by atoms with van der Waals surface area (Å²) in [4.78, 5) is 10.7. The third-order valence-corrected chi connectivity index (χ3v) is 12.2. The second-order valence-corrected chi connectivity index (χ2v) is 21.3. The molecule has 8 aromatic rings. The van der Waals surface area contributed by atoms with Crippen LogP contribution in [0.3, 0.4) is 0 Å². The molecule has 0 aliphatic carbocycles. The Bertz CT molecular complexity index is 3000. The Kier molecular flexibility index (Phi) is 10.3. The first-order valence-corrected chi connectivity index (χ1v) is 21.7. The summed E-state index contributed by atoms with van der Waals surface area (Å²) in [6.07, 6.45) is 0. The Balaban J connectivity index is 1.37. The molecule has 5 nitrogen and oxygen atoms in total. The Hall–Kier alpha value is -6.20. The molecule has 0 fully saturated rings. The zero-order valence-corrected chi connectivity index (χ0v) is 38.7. The summed E-state index contributed by atoms with van der Waals surface area (Å²) in [7, 11) is 0. The van der Waals surface area contributed by atoms with E-state index in [4.69, 9.17) is 14.4 Å². The number of phenols is 2. The van der Waals surface area contributed by atoms with Crippen molar-refractivity contribution in [2.45, 2.75) is 112 Å². The molecular formula is C57H60N2O3. The van der Waals surface area contributed by atoms with Gasteiger partial charge in [-0.1, -0.05) is 144 Å². The van der Waals surface area contributed by atoms with E-state index in [1.165, 1.54) is 22.3 Å². The molecule has 5 heteroatoms. The summed E-state index contributed by atoms with van der Waals surface area (Å²) < 4.78 is 6.33. The van der Waals surface area contributed by atoms with Crippen molar-refractivity contribution in [3.05, 3.63) is 143 Å². The fourth-order valence-electron chi connectivity index (χ4n) is 8.19. The van der Waals surface area contributed by atoms with Crippen LogP contribution in [0.15, 0.2) is 120 Å². The maximum atomic E-state index is 11.8. The molecule has 0 saturated heterocycles. The van der Waals surface area contributed by atoms with Gasteiger partial charge in [0.15, 0.2) is 0 Å². The zero-order valence-electron chi connectivity index (χ0n) is 38.7. The molecule has 0 saturated carbocycles. The van der Waals surface area contributed by atoms with Crippen LogP contribution in [0.4, 0.5) is 0 Å². The minimum Gasteiger partial charge on any atom is -0.507 e. The Morgan fingerprint density at radius 1 is 0.387 bits per heavy atom. The predicted molar refractivity (Wildman–Crippen MR) is 259 cm³/mol. The number of hydrogen-bond acceptors (Lipinski definition) is 5. The molecule has 0 atom stereocenters. The third-order valence-electron chi connectivity index (χ3n) is 12.2. The van der Waals surface area contributed by atoms with E-state index in [2.05, 4.69) is 157 Å². The number of hydrogen-bond donors (Lipinski definition) is 2. The molecular weight excluding hydrogens is 761 g/mol. The van der Waals surface area contributed by atoms with Gasteiger partial charge in [0, 0.05) is 21.9 Å². The fraction of sp³-hybridized carbons (Fsp3) is 0.298. The topological polar surface area (TPSA) is 79.4 Å². The Morgan fingerprint density at radius 2 is 0.919 bits per heavy atom. The zero-order chi connectivity index (χ0) is 44.7. The number of fused-ring (bicyclic) bond motifs is 3. The molecule has 0 unspecified atom stereocenters. The lowest BCUT2D eigenvalue weighted by atomic mass is 9.79. The van der Waals surface area contributed by atoms with Crippen molar-refractivity contribution in [2.75, 3.05) is 0 Å². The number of rotatable bonds is 5. The van der Waals surface area contributed by atoms with Crippen LogP contribution in [0.1, 0.15) is 111 Å². The molecule has 0 amide bonds. The van der Waals surface area contributed by atoms with Crippen LogP contribution in [-0.2, 0) is 21.7 Å². The highest BCUT2D eigenvalue weighted by molar-refractivity contribution is 6.07. The summed E-state index contributed by atoms with van der Waals surface area (Å²) in [6, 6.07) is 39.3. The second kappa shape index (κ2) is 15.0. The van der Waals surface area contributed by atoms with Gasteiger partial charge in [-0.15, -0.1) is 0 Å². The number of aromatic nitrogens is 2. The number of pyridine rings is 2. The molecule has 0 bridgehead atoms. The van der Waals surface area contributed by atoms with E-state index < -0.39 is 0 Å². The van der Waals surface area contributed by atoms with Gasteiger partial charge >= 0.3 is 0 Å². The molecule has 316 valence electrons. The summed E-state index contributed by atoms with van der Waals surface area (Å²) in [5.41, 5.74) is 14.9. The van der Waals surface area contributed by atoms with E-state index in [-0.39, 0.29) is 33.2 Å². The lowest BCUT2D eigenvalue weighted by Crippen LogP contribution is -2.16. The first-order chi connectivity index (χ1) is 28.9. The highest BCUT2D eigenvalue weighted by Gasteiger charge is 2.25. The van der Waals surface area contributed by atoms with Gasteiger partial charge in [0.25, 0.3) is 0 Å². The average molecular weight is 821 g/mol. The van der Waals surface area contributed by atoms with Crippen molar-refractivity contribution in [1.29, 1.82) is 0 Å². The second-order valence-electron chi connectivity index (χ2n) is 21.3. The highest BCUT2D eigenvalue weighted by Crippen LogP contribution is 2.43. The number of benzene rings is 5. The molecule has 0 aliphatic rings. The number of para-hydroxylation sites is 1. The first kappa shape index (κ1) is 42.5. The van der Waals surface area contributed by atoms with Crippen LogP contribution < -0.4 is 0 Å². The Labute approximate surface area is 367 Å². The van der Waals surface area contributed by atoms with Crippen LogP contribution in [0, 0.1) is 6.92 Å². The number of aromatic hydroxyl groups is 2. The molecule has 0 radical (unpaired) electrons. The van der Waals surface area contributed by atoms with Gasteiger partial charge in [-0.05, 0) is 133 Å². The molecule has 5 aromatic carbocycles. The number of aryl methyl sites for hydroxylation is 1. The van der Waals surface area contributed by atoms with Crippen molar-refractivity contribution >= 4 is 21.9 Å². The van der Waals surface area contributed by atoms with Gasteiger partial charge in [0.1, 0.15) is 22.7 Å². The number of phenolic OH excluding ortho intramolecular Hbond substituents is 2. The maximum Gasteiger partial charge on any atom is 0.136 e. The summed E-state index contributed by atoms with van der Waals surface area (Å²) >= 11 is 0.